The van der Waals surface area contributed by atoms with Crippen molar-refractivity contribution in [2.75, 3.05) is 19.9 Å². The van der Waals surface area contributed by atoms with E-state index in [0.717, 1.165) is 12.2 Å². The van der Waals surface area contributed by atoms with Crippen LogP contribution in [-0.2, 0) is 28.5 Å². The van der Waals surface area contributed by atoms with Crippen molar-refractivity contribution in [3.8, 4) is 0 Å². The number of amides is 2. The van der Waals surface area contributed by atoms with Crippen LogP contribution in [0.25, 0.3) is 0 Å². The molecule has 0 aromatic rings. The fraction of sp³-hybridized carbons (Fsp3) is 0.647. The standard InChI is InChI=1S/C17H28N2O8/c1-12(2)26-16(22)18-9-5-6-10-24-14(20)7-8-15(21)25-11-19-17(23)27-13(3)4/h7-8,12-13H,5-6,9-11H2,1-4H3,(H,18,22)(H,19,23)/b8-7+. The quantitative estimate of drug-likeness (QED) is 0.180. The molecule has 0 atom stereocenters. The first kappa shape index (κ1) is 24.2. The molecule has 0 aliphatic heterocycles. The highest BCUT2D eigenvalue weighted by Crippen LogP contribution is 1.93. The molecule has 0 heterocycles. The molecule has 10 heteroatoms. The Labute approximate surface area is 158 Å². The SMILES string of the molecule is CC(C)OC(=O)NCCCCOC(=O)/C=C/C(=O)OCNC(=O)OC(C)C. The van der Waals surface area contributed by atoms with Gasteiger partial charge in [0.15, 0.2) is 6.73 Å². The van der Waals surface area contributed by atoms with Gasteiger partial charge < -0.3 is 24.3 Å². The Morgan fingerprint density at radius 1 is 0.778 bits per heavy atom. The number of hydrogen-bond acceptors (Lipinski definition) is 8. The predicted molar refractivity (Wildman–Crippen MR) is 94.7 cm³/mol. The molecule has 0 unspecified atom stereocenters. The molecule has 0 saturated carbocycles. The number of carbonyl (C=O) groups is 4. The van der Waals surface area contributed by atoms with Crippen molar-refractivity contribution in [2.24, 2.45) is 0 Å². The van der Waals surface area contributed by atoms with E-state index in [4.69, 9.17) is 14.2 Å². The monoisotopic (exact) mass is 388 g/mol. The number of unbranched alkanes of at least 4 members (excludes halogenated alkanes) is 1. The average molecular weight is 388 g/mol. The van der Waals surface area contributed by atoms with Gasteiger partial charge in [0.2, 0.25) is 0 Å². The minimum absolute atomic E-state index is 0.141. The van der Waals surface area contributed by atoms with E-state index in [0.29, 0.717) is 19.4 Å². The van der Waals surface area contributed by atoms with E-state index in [1.165, 1.54) is 0 Å². The second-order valence-corrected chi connectivity index (χ2v) is 5.83. The van der Waals surface area contributed by atoms with Crippen molar-refractivity contribution in [1.29, 1.82) is 0 Å². The van der Waals surface area contributed by atoms with Crippen LogP contribution in [0.2, 0.25) is 0 Å². The van der Waals surface area contributed by atoms with Crippen molar-refractivity contribution < 1.29 is 38.1 Å². The van der Waals surface area contributed by atoms with Gasteiger partial charge in [0.25, 0.3) is 0 Å². The van der Waals surface area contributed by atoms with Crippen molar-refractivity contribution in [2.45, 2.75) is 52.7 Å². The van der Waals surface area contributed by atoms with Gasteiger partial charge in [0, 0.05) is 18.7 Å². The zero-order valence-electron chi connectivity index (χ0n) is 16.1. The maximum Gasteiger partial charge on any atom is 0.410 e. The third kappa shape index (κ3) is 16.4. The first-order chi connectivity index (χ1) is 12.7. The molecular formula is C17H28N2O8. The van der Waals surface area contributed by atoms with Gasteiger partial charge in [0.1, 0.15) is 0 Å². The number of nitrogens with one attached hydrogen (secondary N) is 2. The molecule has 0 aromatic carbocycles. The molecule has 154 valence electrons. The van der Waals surface area contributed by atoms with Crippen LogP contribution in [0.15, 0.2) is 12.2 Å². The fourth-order valence-corrected chi connectivity index (χ4v) is 1.50. The van der Waals surface area contributed by atoms with E-state index in [1.54, 1.807) is 27.7 Å². The molecular weight excluding hydrogens is 360 g/mol. The molecule has 2 amide bonds. The summed E-state index contributed by atoms with van der Waals surface area (Å²) in [4.78, 5) is 45.1. The van der Waals surface area contributed by atoms with E-state index < -0.39 is 24.1 Å². The molecule has 0 bridgehead atoms. The Morgan fingerprint density at radius 3 is 1.85 bits per heavy atom. The number of alkyl carbamates (subject to hydrolysis) is 2. The van der Waals surface area contributed by atoms with Crippen LogP contribution in [0.3, 0.4) is 0 Å². The zero-order valence-corrected chi connectivity index (χ0v) is 16.1. The van der Waals surface area contributed by atoms with Gasteiger partial charge >= 0.3 is 24.1 Å². The summed E-state index contributed by atoms with van der Waals surface area (Å²) in [5.74, 6) is -1.52. The van der Waals surface area contributed by atoms with Crippen LogP contribution in [0, 0.1) is 0 Å². The Kier molecular flexibility index (Phi) is 12.9. The summed E-state index contributed by atoms with van der Waals surface area (Å²) in [6, 6.07) is 0. The largest absolute Gasteiger partial charge is 0.463 e. The van der Waals surface area contributed by atoms with Gasteiger partial charge in [-0.25, -0.2) is 19.2 Å². The van der Waals surface area contributed by atoms with Crippen LogP contribution in [0.5, 0.6) is 0 Å². The lowest BCUT2D eigenvalue weighted by Crippen LogP contribution is -2.29. The highest BCUT2D eigenvalue weighted by atomic mass is 16.6. The Balaban J connectivity index is 3.72. The summed E-state index contributed by atoms with van der Waals surface area (Å²) in [6.45, 7) is 7.02. The summed E-state index contributed by atoms with van der Waals surface area (Å²) in [5.41, 5.74) is 0. The highest BCUT2D eigenvalue weighted by molar-refractivity contribution is 5.91. The highest BCUT2D eigenvalue weighted by Gasteiger charge is 2.06. The molecule has 0 aliphatic carbocycles. The fourth-order valence-electron chi connectivity index (χ4n) is 1.50. The van der Waals surface area contributed by atoms with Crippen LogP contribution >= 0.6 is 0 Å². The minimum Gasteiger partial charge on any atom is -0.463 e. The summed E-state index contributed by atoms with van der Waals surface area (Å²) in [7, 11) is 0. The van der Waals surface area contributed by atoms with E-state index >= 15 is 0 Å². The Morgan fingerprint density at radius 2 is 1.30 bits per heavy atom. The Hall–Kier alpha value is -2.78. The maximum atomic E-state index is 11.4. The number of rotatable bonds is 11. The minimum atomic E-state index is -0.815. The zero-order chi connectivity index (χ0) is 20.7. The van der Waals surface area contributed by atoms with E-state index in [9.17, 15) is 19.2 Å². The lowest BCUT2D eigenvalue weighted by molar-refractivity contribution is -0.140. The maximum absolute atomic E-state index is 11.4. The molecule has 0 saturated heterocycles. The second-order valence-electron chi connectivity index (χ2n) is 5.83. The first-order valence-electron chi connectivity index (χ1n) is 8.61. The molecule has 0 radical (unpaired) electrons. The average Bonchev–Trinajstić information content (AvgIpc) is 2.54. The molecule has 0 aromatic heterocycles. The van der Waals surface area contributed by atoms with Crippen molar-refractivity contribution in [3.05, 3.63) is 12.2 Å². The van der Waals surface area contributed by atoms with Crippen LogP contribution in [-0.4, -0.2) is 56.2 Å². The lowest BCUT2D eigenvalue weighted by Gasteiger charge is -2.09. The predicted octanol–water partition coefficient (Wildman–Crippen LogP) is 1.64. The number of esters is 2. The van der Waals surface area contributed by atoms with Gasteiger partial charge in [-0.3, -0.25) is 5.32 Å². The summed E-state index contributed by atoms with van der Waals surface area (Å²) in [6.07, 6.45) is 1.27. The van der Waals surface area contributed by atoms with Crippen molar-refractivity contribution >= 4 is 24.1 Å². The van der Waals surface area contributed by atoms with E-state index in [-0.39, 0.29) is 25.5 Å². The van der Waals surface area contributed by atoms with Gasteiger partial charge in [0.05, 0.1) is 18.8 Å². The number of carbonyl (C=O) groups excluding carboxylic acids is 4. The molecule has 27 heavy (non-hydrogen) atoms. The van der Waals surface area contributed by atoms with Crippen LogP contribution in [0.4, 0.5) is 9.59 Å². The molecule has 10 nitrogen and oxygen atoms in total. The van der Waals surface area contributed by atoms with Crippen LogP contribution < -0.4 is 10.6 Å². The van der Waals surface area contributed by atoms with Crippen molar-refractivity contribution in [3.63, 3.8) is 0 Å². The normalized spacial score (nSPS) is 10.6. The molecule has 0 aliphatic rings. The van der Waals surface area contributed by atoms with Crippen LogP contribution in [0.1, 0.15) is 40.5 Å². The molecule has 0 spiro atoms. The van der Waals surface area contributed by atoms with Gasteiger partial charge in [-0.05, 0) is 40.5 Å². The third-order valence-corrected chi connectivity index (χ3v) is 2.56. The second kappa shape index (κ2) is 14.4. The molecule has 2 N–H and O–H groups in total. The third-order valence-electron chi connectivity index (χ3n) is 2.56. The first-order valence-corrected chi connectivity index (χ1v) is 8.61. The topological polar surface area (TPSA) is 129 Å². The number of hydrogen-bond donors (Lipinski definition) is 2. The van der Waals surface area contributed by atoms with Crippen molar-refractivity contribution in [1.82, 2.24) is 10.6 Å². The summed E-state index contributed by atoms with van der Waals surface area (Å²) < 4.78 is 19.2. The van der Waals surface area contributed by atoms with Gasteiger partial charge in [-0.15, -0.1) is 0 Å². The van der Waals surface area contributed by atoms with Gasteiger partial charge in [-0.1, -0.05) is 0 Å². The smallest absolute Gasteiger partial charge is 0.410 e. The van der Waals surface area contributed by atoms with E-state index in [1.807, 2.05) is 0 Å². The van der Waals surface area contributed by atoms with E-state index in [2.05, 4.69) is 15.4 Å². The number of ether oxygens (including phenoxy) is 4. The molecule has 0 rings (SSSR count). The lowest BCUT2D eigenvalue weighted by atomic mass is 10.3. The molecule has 0 fully saturated rings. The summed E-state index contributed by atoms with van der Waals surface area (Å²) >= 11 is 0. The van der Waals surface area contributed by atoms with Gasteiger partial charge in [-0.2, -0.15) is 0 Å². The summed E-state index contributed by atoms with van der Waals surface area (Å²) in [5, 5.41) is 4.78. The Bertz CT molecular complexity index is 517.